The molecule has 1 unspecified atom stereocenters. The van der Waals surface area contributed by atoms with Crippen LogP contribution in [0, 0.1) is 0 Å². The normalized spacial score (nSPS) is 21.3. The highest BCUT2D eigenvalue weighted by Gasteiger charge is 2.61. The van der Waals surface area contributed by atoms with Crippen LogP contribution in [-0.4, -0.2) is 101 Å². The molecule has 0 aliphatic carbocycles. The lowest BCUT2D eigenvalue weighted by atomic mass is 9.86. The van der Waals surface area contributed by atoms with Gasteiger partial charge >= 0.3 is 6.09 Å². The van der Waals surface area contributed by atoms with Crippen LogP contribution in [0.3, 0.4) is 0 Å². The van der Waals surface area contributed by atoms with Gasteiger partial charge in [-0.25, -0.2) is 4.79 Å². The Balaban J connectivity index is 1.41. The highest BCUT2D eigenvalue weighted by atomic mass is 35.5. The molecule has 46 heavy (non-hydrogen) atoms. The van der Waals surface area contributed by atoms with E-state index in [1.54, 1.807) is 41.5 Å². The maximum absolute atomic E-state index is 14.9. The monoisotopic (exact) mass is 688 g/mol. The van der Waals surface area contributed by atoms with Crippen molar-refractivity contribution in [3.8, 4) is 11.5 Å². The number of benzene rings is 2. The maximum atomic E-state index is 14.9. The van der Waals surface area contributed by atoms with Crippen LogP contribution >= 0.6 is 22.9 Å². The molecule has 6 rings (SSSR count). The van der Waals surface area contributed by atoms with Gasteiger partial charge in [0.1, 0.15) is 11.5 Å². The van der Waals surface area contributed by atoms with Gasteiger partial charge in [-0.2, -0.15) is 12.7 Å². The Morgan fingerprint density at radius 1 is 1.00 bits per heavy atom. The van der Waals surface area contributed by atoms with Crippen LogP contribution in [0.15, 0.2) is 58.1 Å². The van der Waals surface area contributed by atoms with Crippen molar-refractivity contribution in [2.75, 3.05) is 64.3 Å². The molecule has 1 atom stereocenters. The Bertz CT molecular complexity index is 1720. The van der Waals surface area contributed by atoms with Crippen molar-refractivity contribution in [1.82, 2.24) is 14.7 Å². The summed E-state index contributed by atoms with van der Waals surface area (Å²) in [4.78, 5) is 35.3. The summed E-state index contributed by atoms with van der Waals surface area (Å²) in [6.07, 6.45) is 1.41. The Kier molecular flexibility index (Phi) is 9.23. The zero-order valence-electron chi connectivity index (χ0n) is 26.0. The van der Waals surface area contributed by atoms with Crippen LogP contribution < -0.4 is 13.8 Å². The first-order valence-corrected chi connectivity index (χ1v) is 18.0. The van der Waals surface area contributed by atoms with Gasteiger partial charge in [0.05, 0.1) is 25.0 Å². The Labute approximate surface area is 278 Å². The molecule has 2 amide bonds. The van der Waals surface area contributed by atoms with E-state index in [9.17, 15) is 18.0 Å². The number of piperidine rings is 1. The number of likely N-dealkylation sites (tertiary alicyclic amines) is 1. The number of amides is 2. The van der Waals surface area contributed by atoms with E-state index in [0.717, 1.165) is 37.3 Å². The van der Waals surface area contributed by atoms with Crippen molar-refractivity contribution in [1.29, 1.82) is 0 Å². The molecule has 3 aromatic rings. The van der Waals surface area contributed by atoms with Crippen LogP contribution in [0.5, 0.6) is 11.5 Å². The summed E-state index contributed by atoms with van der Waals surface area (Å²) in [5.41, 5.74) is -1.88. The van der Waals surface area contributed by atoms with Crippen molar-refractivity contribution in [2.24, 2.45) is 0 Å². The molecule has 2 aromatic carbocycles. The fraction of sp³-hybridized carbons (Fsp3) is 0.438. The number of thiophene rings is 1. The molecule has 2 saturated heterocycles. The first kappa shape index (κ1) is 32.6. The molecule has 14 heteroatoms. The van der Waals surface area contributed by atoms with Gasteiger partial charge in [0.15, 0.2) is 4.21 Å². The number of carbonyl (C=O) groups is 2. The van der Waals surface area contributed by atoms with Crippen molar-refractivity contribution in [3.05, 3.63) is 70.1 Å². The molecule has 0 spiro atoms. The van der Waals surface area contributed by atoms with E-state index in [2.05, 4.69) is 16.8 Å². The average Bonchev–Trinajstić information content (AvgIpc) is 3.64. The largest absolute Gasteiger partial charge is 0.494 e. The quantitative estimate of drug-likeness (QED) is 0.335. The van der Waals surface area contributed by atoms with Gasteiger partial charge in [-0.05, 0) is 75.6 Å². The lowest BCUT2D eigenvalue weighted by molar-refractivity contribution is -0.132. The number of ether oxygens (including phenoxy) is 3. The predicted molar refractivity (Wildman–Crippen MR) is 176 cm³/mol. The summed E-state index contributed by atoms with van der Waals surface area (Å²) in [5, 5.41) is 1.80. The Morgan fingerprint density at radius 3 is 2.41 bits per heavy atom. The first-order chi connectivity index (χ1) is 22.1. The summed E-state index contributed by atoms with van der Waals surface area (Å²) < 4.78 is 46.7. The first-order valence-electron chi connectivity index (χ1n) is 15.3. The molecule has 3 aliphatic heterocycles. The predicted octanol–water partition coefficient (Wildman–Crippen LogP) is 4.64. The molecule has 11 nitrogen and oxygen atoms in total. The smallest absolute Gasteiger partial charge is 0.411 e. The van der Waals surface area contributed by atoms with E-state index in [0.29, 0.717) is 36.5 Å². The van der Waals surface area contributed by atoms with Gasteiger partial charge in [0, 0.05) is 42.8 Å². The number of hydrogen-bond acceptors (Lipinski definition) is 10. The molecule has 3 aliphatic rings. The number of hydrogen-bond donors (Lipinski definition) is 0. The second-order valence-corrected chi connectivity index (χ2v) is 14.9. The summed E-state index contributed by atoms with van der Waals surface area (Å²) in [5.74, 6) is -0.609. The van der Waals surface area contributed by atoms with Gasteiger partial charge < -0.3 is 24.0 Å². The van der Waals surface area contributed by atoms with Gasteiger partial charge in [0.2, 0.25) is 5.60 Å². The third-order valence-corrected chi connectivity index (χ3v) is 12.3. The number of para-hydroxylation sites is 1. The highest BCUT2D eigenvalue weighted by molar-refractivity contribution is 7.95. The fourth-order valence-corrected chi connectivity index (χ4v) is 9.53. The minimum absolute atomic E-state index is 0.0241. The van der Waals surface area contributed by atoms with E-state index in [4.69, 9.17) is 25.8 Å². The number of rotatable bonds is 8. The number of methoxy groups -OCH3 is 1. The maximum Gasteiger partial charge on any atom is 0.411 e. The number of sulfonamides is 1. The molecule has 4 heterocycles. The molecular weight excluding hydrogens is 652 g/mol. The van der Waals surface area contributed by atoms with Crippen LogP contribution in [0.4, 0.5) is 10.5 Å². The number of fused-ring (bicyclic) bond motifs is 1. The van der Waals surface area contributed by atoms with Gasteiger partial charge in [-0.15, -0.1) is 11.3 Å². The summed E-state index contributed by atoms with van der Waals surface area (Å²) in [6.45, 7) is 6.26. The zero-order valence-corrected chi connectivity index (χ0v) is 28.4. The minimum Gasteiger partial charge on any atom is -0.494 e. The lowest BCUT2D eigenvalue weighted by Gasteiger charge is -2.42. The number of halogens is 1. The summed E-state index contributed by atoms with van der Waals surface area (Å²) in [6, 6.07) is 13.1. The highest BCUT2D eigenvalue weighted by Crippen LogP contribution is 2.53. The molecule has 246 valence electrons. The number of anilines is 1. The van der Waals surface area contributed by atoms with E-state index >= 15 is 0 Å². The second kappa shape index (κ2) is 13.0. The number of carbonyl (C=O) groups excluding carboxylic acids is 2. The van der Waals surface area contributed by atoms with Crippen molar-refractivity contribution in [3.63, 3.8) is 0 Å². The third-order valence-electron chi connectivity index (χ3n) is 8.92. The zero-order chi connectivity index (χ0) is 32.6. The van der Waals surface area contributed by atoms with Gasteiger partial charge in [-0.1, -0.05) is 29.8 Å². The van der Waals surface area contributed by atoms with Crippen molar-refractivity contribution in [2.45, 2.75) is 35.6 Å². The lowest BCUT2D eigenvalue weighted by Crippen LogP contribution is -2.55. The average molecular weight is 689 g/mol. The molecule has 0 radical (unpaired) electrons. The minimum atomic E-state index is -4.52. The number of piperazine rings is 1. The van der Waals surface area contributed by atoms with E-state index < -0.39 is 27.6 Å². The van der Waals surface area contributed by atoms with Gasteiger partial charge in [-0.3, -0.25) is 9.69 Å². The summed E-state index contributed by atoms with van der Waals surface area (Å²) >= 11 is 7.41. The standard InChI is InChI=1S/C32H37ClN4O7S2/c1-4-43-27-8-6-5-7-24(27)32(44-31(39)36-18-16-35(17-19-36)23-11-14-34(2)15-12-23)25-21-22(33)9-10-26(25)37(30(32)38)46(40,41)29-28(42-3)13-20-45-29/h5-10,13,20-21,23H,4,11-12,14-19H2,1-3H3. The van der Waals surface area contributed by atoms with Crippen LogP contribution in [-0.2, 0) is 25.2 Å². The molecule has 0 bridgehead atoms. The van der Waals surface area contributed by atoms with Crippen LogP contribution in [0.2, 0.25) is 5.02 Å². The van der Waals surface area contributed by atoms with Crippen molar-refractivity contribution >= 4 is 50.6 Å². The van der Waals surface area contributed by atoms with E-state index in [-0.39, 0.29) is 44.2 Å². The summed E-state index contributed by atoms with van der Waals surface area (Å²) in [7, 11) is -1.04. The van der Waals surface area contributed by atoms with E-state index in [1.165, 1.54) is 31.4 Å². The Morgan fingerprint density at radius 2 is 1.72 bits per heavy atom. The van der Waals surface area contributed by atoms with E-state index in [1.807, 2.05) is 0 Å². The molecule has 0 saturated carbocycles. The third kappa shape index (κ3) is 5.62. The van der Waals surface area contributed by atoms with Crippen LogP contribution in [0.1, 0.15) is 30.9 Å². The molecular formula is C32H37ClN4O7S2. The number of nitrogens with zero attached hydrogens (tertiary/aromatic N) is 4. The molecule has 1 aromatic heterocycles. The molecule has 2 fully saturated rings. The topological polar surface area (TPSA) is 109 Å². The van der Waals surface area contributed by atoms with Crippen LogP contribution in [0.25, 0.3) is 0 Å². The SMILES string of the molecule is CCOc1ccccc1C1(OC(=O)N2CCN(C3CCN(C)CC3)CC2)C(=O)N(S(=O)(=O)c2sccc2OC)c2ccc(Cl)cc21. The second-order valence-electron chi connectivity index (χ2n) is 11.5. The van der Waals surface area contributed by atoms with Gasteiger partial charge in [0.25, 0.3) is 15.9 Å². The molecule has 0 N–H and O–H groups in total. The Hall–Kier alpha value is -3.36. The van der Waals surface area contributed by atoms with Crippen molar-refractivity contribution < 1.29 is 32.2 Å². The fourth-order valence-electron chi connectivity index (χ4n) is 6.56.